The maximum absolute atomic E-state index is 6.00. The van der Waals surface area contributed by atoms with E-state index in [-0.39, 0.29) is 0 Å². The molecule has 1 aliphatic carbocycles. The Kier molecular flexibility index (Phi) is 3.38. The zero-order valence-electron chi connectivity index (χ0n) is 11.4. The van der Waals surface area contributed by atoms with Gasteiger partial charge in [0.05, 0.1) is 11.7 Å². The SMILES string of the molecule is CN(CCn1c(N)nc2cnccc21)C1CCCC1. The van der Waals surface area contributed by atoms with Crippen LogP contribution >= 0.6 is 0 Å². The molecule has 0 unspecified atom stereocenters. The molecular formula is C14H21N5. The predicted molar refractivity (Wildman–Crippen MR) is 76.8 cm³/mol. The summed E-state index contributed by atoms with van der Waals surface area (Å²) in [5, 5.41) is 0. The Hall–Kier alpha value is -1.62. The smallest absolute Gasteiger partial charge is 0.201 e. The summed E-state index contributed by atoms with van der Waals surface area (Å²) in [5.41, 5.74) is 7.95. The minimum atomic E-state index is 0.586. The third-order valence-electron chi connectivity index (χ3n) is 4.20. The quantitative estimate of drug-likeness (QED) is 0.911. The van der Waals surface area contributed by atoms with Crippen LogP contribution in [0.1, 0.15) is 25.7 Å². The molecule has 1 aliphatic rings. The summed E-state index contributed by atoms with van der Waals surface area (Å²) in [6.45, 7) is 1.90. The first-order valence-electron chi connectivity index (χ1n) is 7.01. The average Bonchev–Trinajstić information content (AvgIpc) is 3.03. The molecule has 3 rings (SSSR count). The number of likely N-dealkylation sites (N-methyl/N-ethyl adjacent to an activating group) is 1. The molecule has 19 heavy (non-hydrogen) atoms. The van der Waals surface area contributed by atoms with E-state index in [1.54, 1.807) is 12.4 Å². The molecule has 0 amide bonds. The largest absolute Gasteiger partial charge is 0.369 e. The number of fused-ring (bicyclic) bond motifs is 1. The van der Waals surface area contributed by atoms with Crippen molar-refractivity contribution >= 4 is 17.0 Å². The minimum Gasteiger partial charge on any atom is -0.369 e. The standard InChI is InChI=1S/C14H21N5/c1-18(11-4-2-3-5-11)8-9-19-13-6-7-16-10-12(13)17-14(19)15/h6-7,10-11H,2-5,8-9H2,1H3,(H2,15,17). The molecule has 5 nitrogen and oxygen atoms in total. The molecular weight excluding hydrogens is 238 g/mol. The number of pyridine rings is 1. The first kappa shape index (κ1) is 12.4. The fourth-order valence-electron chi connectivity index (χ4n) is 3.02. The Bertz CT molecular complexity index is 556. The van der Waals surface area contributed by atoms with Gasteiger partial charge < -0.3 is 15.2 Å². The zero-order chi connectivity index (χ0) is 13.2. The number of aromatic nitrogens is 3. The Labute approximate surface area is 113 Å². The lowest BCUT2D eigenvalue weighted by molar-refractivity contribution is 0.238. The van der Waals surface area contributed by atoms with Gasteiger partial charge in [-0.25, -0.2) is 4.98 Å². The van der Waals surface area contributed by atoms with Gasteiger partial charge in [-0.3, -0.25) is 4.98 Å². The van der Waals surface area contributed by atoms with E-state index in [0.29, 0.717) is 5.95 Å². The lowest BCUT2D eigenvalue weighted by Gasteiger charge is -2.24. The van der Waals surface area contributed by atoms with Crippen molar-refractivity contribution in [3.63, 3.8) is 0 Å². The van der Waals surface area contributed by atoms with Crippen LogP contribution in [0.3, 0.4) is 0 Å². The number of nitrogens with zero attached hydrogens (tertiary/aromatic N) is 4. The summed E-state index contributed by atoms with van der Waals surface area (Å²) in [4.78, 5) is 10.9. The molecule has 0 aromatic carbocycles. The highest BCUT2D eigenvalue weighted by atomic mass is 15.2. The lowest BCUT2D eigenvalue weighted by atomic mass is 10.2. The molecule has 1 saturated carbocycles. The van der Waals surface area contributed by atoms with Gasteiger partial charge in [0, 0.05) is 25.3 Å². The number of hydrogen-bond donors (Lipinski definition) is 1. The molecule has 2 aromatic heterocycles. The van der Waals surface area contributed by atoms with Gasteiger partial charge in [-0.2, -0.15) is 0 Å². The molecule has 2 aromatic rings. The van der Waals surface area contributed by atoms with Crippen molar-refractivity contribution in [1.29, 1.82) is 0 Å². The van der Waals surface area contributed by atoms with Crippen LogP contribution in [0.25, 0.3) is 11.0 Å². The highest BCUT2D eigenvalue weighted by molar-refractivity contribution is 5.76. The Morgan fingerprint density at radius 3 is 3.00 bits per heavy atom. The van der Waals surface area contributed by atoms with Gasteiger partial charge in [0.25, 0.3) is 0 Å². The highest BCUT2D eigenvalue weighted by Crippen LogP contribution is 2.23. The summed E-state index contributed by atoms with van der Waals surface area (Å²) in [6.07, 6.45) is 8.97. The van der Waals surface area contributed by atoms with Gasteiger partial charge >= 0.3 is 0 Å². The van der Waals surface area contributed by atoms with Crippen LogP contribution in [0.15, 0.2) is 18.5 Å². The first-order chi connectivity index (χ1) is 9.25. The normalized spacial score (nSPS) is 16.7. The van der Waals surface area contributed by atoms with Crippen molar-refractivity contribution in [2.45, 2.75) is 38.3 Å². The molecule has 2 N–H and O–H groups in total. The molecule has 0 aliphatic heterocycles. The Balaban J connectivity index is 1.72. The van der Waals surface area contributed by atoms with Gasteiger partial charge in [-0.05, 0) is 26.0 Å². The predicted octanol–water partition coefficient (Wildman–Crippen LogP) is 1.89. The third-order valence-corrected chi connectivity index (χ3v) is 4.20. The molecule has 0 saturated heterocycles. The van der Waals surface area contributed by atoms with Crippen LogP contribution in [0.4, 0.5) is 5.95 Å². The lowest BCUT2D eigenvalue weighted by Crippen LogP contribution is -2.32. The molecule has 2 heterocycles. The molecule has 0 spiro atoms. The fourth-order valence-corrected chi connectivity index (χ4v) is 3.02. The van der Waals surface area contributed by atoms with Crippen molar-refractivity contribution < 1.29 is 0 Å². The van der Waals surface area contributed by atoms with Crippen LogP contribution in [-0.4, -0.2) is 39.1 Å². The van der Waals surface area contributed by atoms with E-state index in [0.717, 1.165) is 30.2 Å². The van der Waals surface area contributed by atoms with E-state index in [2.05, 4.69) is 26.5 Å². The Morgan fingerprint density at radius 2 is 2.21 bits per heavy atom. The van der Waals surface area contributed by atoms with Crippen molar-refractivity contribution in [1.82, 2.24) is 19.4 Å². The molecule has 5 heteroatoms. The monoisotopic (exact) mass is 259 g/mol. The molecule has 102 valence electrons. The second kappa shape index (κ2) is 5.17. The number of imidazole rings is 1. The van der Waals surface area contributed by atoms with Crippen molar-refractivity contribution in [2.24, 2.45) is 0 Å². The number of anilines is 1. The molecule has 0 bridgehead atoms. The average molecular weight is 259 g/mol. The highest BCUT2D eigenvalue weighted by Gasteiger charge is 2.19. The van der Waals surface area contributed by atoms with Crippen molar-refractivity contribution in [3.05, 3.63) is 18.5 Å². The van der Waals surface area contributed by atoms with Gasteiger partial charge in [0.2, 0.25) is 5.95 Å². The van der Waals surface area contributed by atoms with E-state index < -0.39 is 0 Å². The summed E-state index contributed by atoms with van der Waals surface area (Å²) >= 11 is 0. The molecule has 0 atom stereocenters. The second-order valence-corrected chi connectivity index (χ2v) is 5.40. The summed E-state index contributed by atoms with van der Waals surface area (Å²) in [6, 6.07) is 2.73. The third kappa shape index (κ3) is 2.42. The van der Waals surface area contributed by atoms with E-state index in [9.17, 15) is 0 Å². The van der Waals surface area contributed by atoms with Gasteiger partial charge in [0.1, 0.15) is 5.52 Å². The van der Waals surface area contributed by atoms with Crippen molar-refractivity contribution in [2.75, 3.05) is 19.3 Å². The van der Waals surface area contributed by atoms with E-state index in [1.165, 1.54) is 25.7 Å². The van der Waals surface area contributed by atoms with Crippen LogP contribution < -0.4 is 5.73 Å². The topological polar surface area (TPSA) is 60.0 Å². The van der Waals surface area contributed by atoms with E-state index in [4.69, 9.17) is 5.73 Å². The zero-order valence-corrected chi connectivity index (χ0v) is 11.4. The first-order valence-corrected chi connectivity index (χ1v) is 7.01. The van der Waals surface area contributed by atoms with Crippen LogP contribution in [0.2, 0.25) is 0 Å². The maximum atomic E-state index is 6.00. The second-order valence-electron chi connectivity index (χ2n) is 5.40. The van der Waals surface area contributed by atoms with Crippen LogP contribution in [-0.2, 0) is 6.54 Å². The van der Waals surface area contributed by atoms with Crippen LogP contribution in [0.5, 0.6) is 0 Å². The van der Waals surface area contributed by atoms with E-state index >= 15 is 0 Å². The summed E-state index contributed by atoms with van der Waals surface area (Å²) < 4.78 is 2.09. The molecule has 0 radical (unpaired) electrons. The Morgan fingerprint density at radius 1 is 1.42 bits per heavy atom. The van der Waals surface area contributed by atoms with Crippen LogP contribution in [0, 0.1) is 0 Å². The maximum Gasteiger partial charge on any atom is 0.201 e. The number of nitrogens with two attached hydrogens (primary N) is 1. The number of nitrogen functional groups attached to an aromatic ring is 1. The van der Waals surface area contributed by atoms with Gasteiger partial charge in [-0.1, -0.05) is 12.8 Å². The summed E-state index contributed by atoms with van der Waals surface area (Å²) in [5.74, 6) is 0.586. The van der Waals surface area contributed by atoms with Gasteiger partial charge in [-0.15, -0.1) is 0 Å². The fraction of sp³-hybridized carbons (Fsp3) is 0.571. The van der Waals surface area contributed by atoms with Gasteiger partial charge in [0.15, 0.2) is 0 Å². The molecule has 1 fully saturated rings. The number of rotatable bonds is 4. The summed E-state index contributed by atoms with van der Waals surface area (Å²) in [7, 11) is 2.22. The minimum absolute atomic E-state index is 0.586. The van der Waals surface area contributed by atoms with Crippen molar-refractivity contribution in [3.8, 4) is 0 Å². The number of hydrogen-bond acceptors (Lipinski definition) is 4. The van der Waals surface area contributed by atoms with E-state index in [1.807, 2.05) is 6.07 Å².